The number of nitrogens with one attached hydrogen (secondary N) is 2. The average molecular weight is 325 g/mol. The molecule has 0 aliphatic carbocycles. The van der Waals surface area contributed by atoms with Gasteiger partial charge in [-0.2, -0.15) is 13.2 Å². The number of carbonyl (C=O) groups excluding carboxylic acids is 1. The van der Waals surface area contributed by atoms with Gasteiger partial charge in [-0.25, -0.2) is 9.59 Å². The zero-order valence-electron chi connectivity index (χ0n) is 11.0. The molecule has 116 valence electrons. The van der Waals surface area contributed by atoms with Crippen molar-refractivity contribution in [3.63, 3.8) is 0 Å². The van der Waals surface area contributed by atoms with Crippen LogP contribution in [-0.4, -0.2) is 28.8 Å². The van der Waals surface area contributed by atoms with E-state index in [-0.39, 0.29) is 10.7 Å². The van der Waals surface area contributed by atoms with Crippen LogP contribution in [0.3, 0.4) is 0 Å². The fourth-order valence-electron chi connectivity index (χ4n) is 1.36. The molecule has 0 radical (unpaired) electrons. The smallest absolute Gasteiger partial charge is 0.422 e. The van der Waals surface area contributed by atoms with E-state index in [2.05, 4.69) is 5.32 Å². The van der Waals surface area contributed by atoms with Crippen LogP contribution in [0.4, 0.5) is 23.7 Å². The third-order valence-corrected chi connectivity index (χ3v) is 3.06. The van der Waals surface area contributed by atoms with Crippen LogP contribution in [0.5, 0.6) is 0 Å². The summed E-state index contributed by atoms with van der Waals surface area (Å²) in [6.45, 7) is 2.04. The highest BCUT2D eigenvalue weighted by molar-refractivity contribution is 6.33. The van der Waals surface area contributed by atoms with Gasteiger partial charge in [0.2, 0.25) is 5.54 Å². The van der Waals surface area contributed by atoms with E-state index in [1.807, 2.05) is 0 Å². The predicted molar refractivity (Wildman–Crippen MR) is 70.4 cm³/mol. The predicted octanol–water partition coefficient (Wildman–Crippen LogP) is 3.18. The van der Waals surface area contributed by atoms with Gasteiger partial charge in [-0.15, -0.1) is 0 Å². The highest BCUT2D eigenvalue weighted by Crippen LogP contribution is 2.30. The third-order valence-electron chi connectivity index (χ3n) is 2.73. The maximum Gasteiger partial charge on any atom is 0.422 e. The second-order valence-corrected chi connectivity index (χ2v) is 4.90. The lowest BCUT2D eigenvalue weighted by molar-refractivity contribution is -0.203. The van der Waals surface area contributed by atoms with Crippen LogP contribution in [0, 0.1) is 6.92 Å². The Kier molecular flexibility index (Phi) is 4.72. The number of urea groups is 1. The molecule has 1 atom stereocenters. The van der Waals surface area contributed by atoms with Gasteiger partial charge < -0.3 is 15.7 Å². The first kappa shape index (κ1) is 17.1. The summed E-state index contributed by atoms with van der Waals surface area (Å²) in [5, 5.41) is 12.3. The van der Waals surface area contributed by atoms with Crippen LogP contribution < -0.4 is 10.6 Å². The molecule has 1 unspecified atom stereocenters. The van der Waals surface area contributed by atoms with E-state index >= 15 is 0 Å². The summed E-state index contributed by atoms with van der Waals surface area (Å²) >= 11 is 5.78. The van der Waals surface area contributed by atoms with Crippen molar-refractivity contribution in [3.8, 4) is 0 Å². The summed E-state index contributed by atoms with van der Waals surface area (Å²) in [5.41, 5.74) is -2.62. The Balaban J connectivity index is 2.95. The van der Waals surface area contributed by atoms with Gasteiger partial charge in [0.15, 0.2) is 0 Å². The van der Waals surface area contributed by atoms with Gasteiger partial charge in [0.1, 0.15) is 0 Å². The van der Waals surface area contributed by atoms with Gasteiger partial charge in [0, 0.05) is 0 Å². The van der Waals surface area contributed by atoms with E-state index in [1.165, 1.54) is 17.4 Å². The molecule has 1 aromatic rings. The highest BCUT2D eigenvalue weighted by Gasteiger charge is 2.58. The number of benzene rings is 1. The van der Waals surface area contributed by atoms with Crippen molar-refractivity contribution < 1.29 is 27.9 Å². The summed E-state index contributed by atoms with van der Waals surface area (Å²) in [6.07, 6.45) is -5.16. The molecule has 9 heteroatoms. The number of hydrogen-bond acceptors (Lipinski definition) is 2. The van der Waals surface area contributed by atoms with Crippen molar-refractivity contribution in [3.05, 3.63) is 28.8 Å². The van der Waals surface area contributed by atoms with Crippen molar-refractivity contribution in [2.45, 2.75) is 25.6 Å². The molecular weight excluding hydrogens is 313 g/mol. The molecule has 3 N–H and O–H groups in total. The summed E-state index contributed by atoms with van der Waals surface area (Å²) < 4.78 is 38.2. The maximum atomic E-state index is 12.7. The third kappa shape index (κ3) is 3.78. The van der Waals surface area contributed by atoms with Gasteiger partial charge in [0.05, 0.1) is 10.7 Å². The molecule has 0 fully saturated rings. The summed E-state index contributed by atoms with van der Waals surface area (Å²) in [6, 6.07) is 3.20. The molecule has 1 aromatic carbocycles. The minimum atomic E-state index is -5.16. The fraction of sp³-hybridized carbons (Fsp3) is 0.333. The first-order chi connectivity index (χ1) is 9.47. The van der Waals surface area contributed by atoms with Gasteiger partial charge in [0.25, 0.3) is 0 Å². The van der Waals surface area contributed by atoms with Crippen LogP contribution in [0.15, 0.2) is 18.2 Å². The molecule has 0 aliphatic heterocycles. The molecule has 0 bridgehead atoms. The van der Waals surface area contributed by atoms with Gasteiger partial charge in [-0.05, 0) is 31.5 Å². The Hall–Kier alpha value is -1.96. The highest BCUT2D eigenvalue weighted by atomic mass is 35.5. The number of alkyl halides is 3. The zero-order chi connectivity index (χ0) is 16.4. The average Bonchev–Trinajstić information content (AvgIpc) is 2.32. The summed E-state index contributed by atoms with van der Waals surface area (Å²) in [7, 11) is 0. The summed E-state index contributed by atoms with van der Waals surface area (Å²) in [5.74, 6) is -2.22. The van der Waals surface area contributed by atoms with Crippen molar-refractivity contribution in [2.24, 2.45) is 0 Å². The topological polar surface area (TPSA) is 78.4 Å². The molecule has 0 aliphatic rings. The minimum absolute atomic E-state index is 0.0732. The van der Waals surface area contributed by atoms with Crippen LogP contribution in [0.1, 0.15) is 12.5 Å². The summed E-state index contributed by atoms with van der Waals surface area (Å²) in [4.78, 5) is 22.4. The number of carboxylic acid groups (broad SMARTS) is 1. The van der Waals surface area contributed by atoms with Crippen LogP contribution in [-0.2, 0) is 4.79 Å². The second-order valence-electron chi connectivity index (χ2n) is 4.49. The SMILES string of the molecule is Cc1ccc(Cl)c(NC(=O)NC(C)(C(=O)O)C(F)(F)F)c1. The lowest BCUT2D eigenvalue weighted by Crippen LogP contribution is -2.62. The lowest BCUT2D eigenvalue weighted by atomic mass is 10.0. The standard InChI is InChI=1S/C12H12ClF3N2O3/c1-6-3-4-7(13)8(5-6)17-10(21)18-11(2,9(19)20)12(14,15)16/h3-5H,1-2H3,(H,19,20)(H2,17,18,21). The number of carboxylic acids is 1. The van der Waals surface area contributed by atoms with E-state index in [4.69, 9.17) is 16.7 Å². The molecule has 21 heavy (non-hydrogen) atoms. The first-order valence-corrected chi connectivity index (χ1v) is 6.00. The largest absolute Gasteiger partial charge is 0.479 e. The van der Waals surface area contributed by atoms with Gasteiger partial charge in [-0.3, -0.25) is 0 Å². The zero-order valence-corrected chi connectivity index (χ0v) is 11.8. The first-order valence-electron chi connectivity index (χ1n) is 5.63. The van der Waals surface area contributed by atoms with E-state index in [1.54, 1.807) is 13.0 Å². The number of rotatable bonds is 3. The molecular formula is C12H12ClF3N2O3. The molecule has 0 spiro atoms. The van der Waals surface area contributed by atoms with Crippen molar-refractivity contribution in [1.82, 2.24) is 5.32 Å². The van der Waals surface area contributed by atoms with Crippen LogP contribution >= 0.6 is 11.6 Å². The number of halogens is 4. The van der Waals surface area contributed by atoms with Crippen molar-refractivity contribution >= 4 is 29.3 Å². The van der Waals surface area contributed by atoms with Crippen molar-refractivity contribution in [1.29, 1.82) is 0 Å². The fourth-order valence-corrected chi connectivity index (χ4v) is 1.53. The monoisotopic (exact) mass is 324 g/mol. The molecule has 0 heterocycles. The molecule has 5 nitrogen and oxygen atoms in total. The minimum Gasteiger partial charge on any atom is -0.479 e. The Morgan fingerprint density at radius 1 is 1.29 bits per heavy atom. The van der Waals surface area contributed by atoms with E-state index in [9.17, 15) is 22.8 Å². The normalized spacial score (nSPS) is 14.2. The van der Waals surface area contributed by atoms with E-state index in [0.29, 0.717) is 12.5 Å². The number of aryl methyl sites for hydroxylation is 1. The molecule has 0 aromatic heterocycles. The Morgan fingerprint density at radius 3 is 2.33 bits per heavy atom. The van der Waals surface area contributed by atoms with Crippen molar-refractivity contribution in [2.75, 3.05) is 5.32 Å². The second kappa shape index (κ2) is 5.80. The number of hydrogen-bond donors (Lipinski definition) is 3. The number of aliphatic carboxylic acids is 1. The maximum absolute atomic E-state index is 12.7. The van der Waals surface area contributed by atoms with E-state index in [0.717, 1.165) is 0 Å². The van der Waals surface area contributed by atoms with Crippen LogP contribution in [0.2, 0.25) is 5.02 Å². The van der Waals surface area contributed by atoms with E-state index < -0.39 is 23.7 Å². The number of amides is 2. The molecule has 0 saturated heterocycles. The number of carbonyl (C=O) groups is 2. The van der Waals surface area contributed by atoms with Crippen LogP contribution in [0.25, 0.3) is 0 Å². The Labute approximate surface area is 123 Å². The van der Waals surface area contributed by atoms with Gasteiger partial charge >= 0.3 is 18.2 Å². The van der Waals surface area contributed by atoms with Gasteiger partial charge in [-0.1, -0.05) is 17.7 Å². The quantitative estimate of drug-likeness (QED) is 0.799. The molecule has 0 saturated carbocycles. The molecule has 1 rings (SSSR count). The Bertz CT molecular complexity index is 577. The lowest BCUT2D eigenvalue weighted by Gasteiger charge is -2.28. The Morgan fingerprint density at radius 2 is 1.86 bits per heavy atom. The molecule has 2 amide bonds. The number of anilines is 1.